The largest absolute Gasteiger partial charge is 0.346 e. The number of piperidine rings is 1. The lowest BCUT2D eigenvalue weighted by atomic mass is 10.0. The van der Waals surface area contributed by atoms with Gasteiger partial charge in [0.05, 0.1) is 16.3 Å². The second-order valence-electron chi connectivity index (χ2n) is 9.20. The van der Waals surface area contributed by atoms with Crippen LogP contribution in [0.4, 0.5) is 0 Å². The van der Waals surface area contributed by atoms with Crippen molar-refractivity contribution in [3.63, 3.8) is 0 Å². The highest BCUT2D eigenvalue weighted by atomic mass is 35.5. The van der Waals surface area contributed by atoms with Crippen LogP contribution in [0.15, 0.2) is 82.8 Å². The maximum atomic E-state index is 13.6. The quantitative estimate of drug-likeness (QED) is 0.307. The lowest BCUT2D eigenvalue weighted by molar-refractivity contribution is 0.180. The van der Waals surface area contributed by atoms with Gasteiger partial charge in [0.2, 0.25) is 9.84 Å². The van der Waals surface area contributed by atoms with Gasteiger partial charge in [-0.3, -0.25) is 4.90 Å². The molecule has 0 aliphatic carbocycles. The lowest BCUT2D eigenvalue weighted by Crippen LogP contribution is -2.34. The summed E-state index contributed by atoms with van der Waals surface area (Å²) < 4.78 is 29.5. The molecule has 0 radical (unpaired) electrons. The zero-order valence-corrected chi connectivity index (χ0v) is 21.2. The number of halogens is 1. The Balaban J connectivity index is 1.43. The van der Waals surface area contributed by atoms with E-state index in [1.54, 1.807) is 36.5 Å². The molecule has 0 amide bonds. The van der Waals surface area contributed by atoms with Crippen molar-refractivity contribution in [1.29, 1.82) is 0 Å². The minimum atomic E-state index is -3.88. The Morgan fingerprint density at radius 2 is 1.64 bits per heavy atom. The van der Waals surface area contributed by atoms with Gasteiger partial charge in [0.1, 0.15) is 17.0 Å². The number of sulfone groups is 1. The molecular formula is C27H26ClN5O2S. The Morgan fingerprint density at radius 1 is 0.944 bits per heavy atom. The van der Waals surface area contributed by atoms with Gasteiger partial charge in [0, 0.05) is 37.3 Å². The van der Waals surface area contributed by atoms with E-state index in [0.717, 1.165) is 43.4 Å². The second kappa shape index (κ2) is 9.35. The van der Waals surface area contributed by atoms with Crippen LogP contribution in [0.1, 0.15) is 30.3 Å². The predicted octanol–water partition coefficient (Wildman–Crippen LogP) is 5.32. The molecule has 0 unspecified atom stereocenters. The minimum Gasteiger partial charge on any atom is -0.346 e. The first-order valence-corrected chi connectivity index (χ1v) is 14.1. The van der Waals surface area contributed by atoms with Gasteiger partial charge in [-0.2, -0.15) is 0 Å². The molecule has 1 aliphatic rings. The summed E-state index contributed by atoms with van der Waals surface area (Å²) in [7, 11) is -3.88. The third kappa shape index (κ3) is 3.99. The first kappa shape index (κ1) is 23.2. The molecule has 1 N–H and O–H groups in total. The van der Waals surface area contributed by atoms with E-state index in [2.05, 4.69) is 43.7 Å². The third-order valence-electron chi connectivity index (χ3n) is 6.98. The van der Waals surface area contributed by atoms with E-state index in [-0.39, 0.29) is 21.8 Å². The first-order chi connectivity index (χ1) is 17.6. The van der Waals surface area contributed by atoms with E-state index in [1.165, 1.54) is 5.56 Å². The van der Waals surface area contributed by atoms with Crippen LogP contribution in [0.5, 0.6) is 0 Å². The standard InChI is InChI=1S/C27H26ClN5O2S/c28-17-23-30-24-25(33(23)20-12-15-32(16-13-20)18-19-7-3-1-4-8-19)22-11-14-29-26(22)31-27(24)36(34,35)21-9-5-2-6-10-21/h1-11,14,20H,12-13,15-18H2,(H,29,31). The number of alkyl halides is 1. The van der Waals surface area contributed by atoms with Crippen molar-refractivity contribution in [1.82, 2.24) is 24.4 Å². The van der Waals surface area contributed by atoms with Gasteiger partial charge in [-0.15, -0.1) is 11.6 Å². The summed E-state index contributed by atoms with van der Waals surface area (Å²) >= 11 is 6.40. The first-order valence-electron chi connectivity index (χ1n) is 12.1. The van der Waals surface area contributed by atoms with Crippen molar-refractivity contribution in [2.75, 3.05) is 13.1 Å². The highest BCUT2D eigenvalue weighted by molar-refractivity contribution is 7.91. The van der Waals surface area contributed by atoms with Gasteiger partial charge in [-0.05, 0) is 36.6 Å². The number of nitrogens with zero attached hydrogens (tertiary/aromatic N) is 4. The molecule has 0 spiro atoms. The van der Waals surface area contributed by atoms with Gasteiger partial charge in [0.25, 0.3) is 0 Å². The molecule has 6 rings (SSSR count). The molecule has 0 saturated carbocycles. The van der Waals surface area contributed by atoms with Crippen LogP contribution in [-0.4, -0.2) is 45.9 Å². The van der Waals surface area contributed by atoms with Crippen molar-refractivity contribution >= 4 is 43.5 Å². The van der Waals surface area contributed by atoms with Crippen LogP contribution in [0.2, 0.25) is 0 Å². The van der Waals surface area contributed by atoms with Crippen molar-refractivity contribution in [2.24, 2.45) is 0 Å². The number of fused-ring (bicyclic) bond motifs is 3. The maximum absolute atomic E-state index is 13.6. The summed E-state index contributed by atoms with van der Waals surface area (Å²) in [5.74, 6) is 0.864. The van der Waals surface area contributed by atoms with E-state index in [1.807, 2.05) is 12.1 Å². The normalized spacial score (nSPS) is 15.7. The summed E-state index contributed by atoms with van der Waals surface area (Å²) in [6.45, 7) is 2.81. The number of pyridine rings is 1. The van der Waals surface area contributed by atoms with Crippen LogP contribution >= 0.6 is 11.6 Å². The Morgan fingerprint density at radius 3 is 2.33 bits per heavy atom. The zero-order chi connectivity index (χ0) is 24.7. The molecule has 5 aromatic rings. The Kier molecular flexibility index (Phi) is 6.03. The summed E-state index contributed by atoms with van der Waals surface area (Å²) in [5, 5.41) is 0.817. The summed E-state index contributed by atoms with van der Waals surface area (Å²) in [5.41, 5.74) is 3.00. The number of hydrogen-bond donors (Lipinski definition) is 1. The van der Waals surface area contributed by atoms with E-state index in [4.69, 9.17) is 16.6 Å². The summed E-state index contributed by atoms with van der Waals surface area (Å²) in [4.78, 5) is 15.1. The molecule has 4 heterocycles. The fraction of sp³-hybridized carbons (Fsp3) is 0.259. The van der Waals surface area contributed by atoms with E-state index in [0.29, 0.717) is 17.0 Å². The molecule has 0 atom stereocenters. The van der Waals surface area contributed by atoms with Crippen molar-refractivity contribution in [3.05, 3.63) is 84.3 Å². The van der Waals surface area contributed by atoms with Crippen LogP contribution in [0.25, 0.3) is 22.1 Å². The van der Waals surface area contributed by atoms with Gasteiger partial charge in [-0.25, -0.2) is 18.4 Å². The van der Waals surface area contributed by atoms with Crippen LogP contribution in [0, 0.1) is 0 Å². The fourth-order valence-electron chi connectivity index (χ4n) is 5.25. The molecule has 184 valence electrons. The molecule has 2 aromatic carbocycles. The number of benzene rings is 2. The molecule has 0 bridgehead atoms. The SMILES string of the molecule is O=S(=O)(c1ccccc1)c1nc2[nH]ccc2c2c1nc(CCl)n2C1CCN(Cc2ccccc2)CC1. The van der Waals surface area contributed by atoms with E-state index >= 15 is 0 Å². The molecule has 1 aliphatic heterocycles. The fourth-order valence-corrected chi connectivity index (χ4v) is 6.78. The van der Waals surface area contributed by atoms with Gasteiger partial charge < -0.3 is 9.55 Å². The molecule has 9 heteroatoms. The van der Waals surface area contributed by atoms with Crippen molar-refractivity contribution in [3.8, 4) is 0 Å². The monoisotopic (exact) mass is 519 g/mol. The number of H-pyrrole nitrogens is 1. The van der Waals surface area contributed by atoms with Gasteiger partial charge >= 0.3 is 0 Å². The minimum absolute atomic E-state index is 0.0368. The highest BCUT2D eigenvalue weighted by Crippen LogP contribution is 2.37. The maximum Gasteiger partial charge on any atom is 0.226 e. The average Bonchev–Trinajstić information content (AvgIpc) is 3.54. The number of hydrogen-bond acceptors (Lipinski definition) is 5. The number of aromatic nitrogens is 4. The number of likely N-dealkylation sites (tertiary alicyclic amines) is 1. The Hall–Kier alpha value is -3.20. The molecule has 3 aromatic heterocycles. The third-order valence-corrected chi connectivity index (χ3v) is 8.90. The highest BCUT2D eigenvalue weighted by Gasteiger charge is 2.31. The van der Waals surface area contributed by atoms with Gasteiger partial charge in [0.15, 0.2) is 5.03 Å². The molecule has 36 heavy (non-hydrogen) atoms. The molecular weight excluding hydrogens is 494 g/mol. The summed E-state index contributed by atoms with van der Waals surface area (Å²) in [6.07, 6.45) is 3.64. The van der Waals surface area contributed by atoms with Crippen LogP contribution < -0.4 is 0 Å². The Bertz CT molecular complexity index is 1620. The summed E-state index contributed by atoms with van der Waals surface area (Å²) in [6, 6.07) is 21.0. The Labute approximate surface area is 214 Å². The predicted molar refractivity (Wildman–Crippen MR) is 141 cm³/mol. The van der Waals surface area contributed by atoms with Crippen molar-refractivity contribution < 1.29 is 8.42 Å². The second-order valence-corrected chi connectivity index (χ2v) is 11.3. The smallest absolute Gasteiger partial charge is 0.226 e. The molecule has 1 saturated heterocycles. The van der Waals surface area contributed by atoms with E-state index < -0.39 is 9.84 Å². The van der Waals surface area contributed by atoms with Crippen LogP contribution in [-0.2, 0) is 22.3 Å². The average molecular weight is 520 g/mol. The number of rotatable bonds is 6. The number of aromatic amines is 1. The van der Waals surface area contributed by atoms with E-state index in [9.17, 15) is 8.42 Å². The number of imidazole rings is 1. The zero-order valence-electron chi connectivity index (χ0n) is 19.6. The topological polar surface area (TPSA) is 83.9 Å². The van der Waals surface area contributed by atoms with Crippen LogP contribution in [0.3, 0.4) is 0 Å². The number of nitrogens with one attached hydrogen (secondary N) is 1. The van der Waals surface area contributed by atoms with Gasteiger partial charge in [-0.1, -0.05) is 48.5 Å². The lowest BCUT2D eigenvalue weighted by Gasteiger charge is -2.33. The molecule has 7 nitrogen and oxygen atoms in total. The molecule has 1 fully saturated rings. The van der Waals surface area contributed by atoms with Crippen molar-refractivity contribution in [2.45, 2.75) is 41.2 Å².